The lowest BCUT2D eigenvalue weighted by Gasteiger charge is -2.20. The van der Waals surface area contributed by atoms with Crippen molar-refractivity contribution in [2.75, 3.05) is 7.05 Å². The predicted molar refractivity (Wildman–Crippen MR) is 87.7 cm³/mol. The number of fused-ring (bicyclic) bond motifs is 1. The summed E-state index contributed by atoms with van der Waals surface area (Å²) in [5, 5.41) is 0.697. The van der Waals surface area contributed by atoms with Gasteiger partial charge < -0.3 is 4.90 Å². The zero-order valence-corrected chi connectivity index (χ0v) is 13.3. The Morgan fingerprint density at radius 3 is 2.86 bits per heavy atom. The molecular weight excluding hydrogens is 302 g/mol. The fourth-order valence-electron chi connectivity index (χ4n) is 2.55. The van der Waals surface area contributed by atoms with Gasteiger partial charge in [-0.1, -0.05) is 41.9 Å². The van der Waals surface area contributed by atoms with E-state index in [9.17, 15) is 4.79 Å². The third kappa shape index (κ3) is 3.25. The van der Waals surface area contributed by atoms with E-state index >= 15 is 0 Å². The van der Waals surface area contributed by atoms with E-state index in [1.807, 2.05) is 43.4 Å². The molecule has 108 valence electrons. The van der Waals surface area contributed by atoms with Gasteiger partial charge in [0.25, 0.3) is 0 Å². The quantitative estimate of drug-likeness (QED) is 0.852. The Morgan fingerprint density at radius 2 is 2.10 bits per heavy atom. The molecule has 21 heavy (non-hydrogen) atoms. The number of halogens is 1. The molecule has 0 spiro atoms. The largest absolute Gasteiger partial charge is 0.340 e. The van der Waals surface area contributed by atoms with Crippen LogP contribution in [-0.2, 0) is 17.8 Å². The number of carbonyl (C=O) groups is 1. The van der Waals surface area contributed by atoms with E-state index < -0.39 is 0 Å². The maximum Gasteiger partial charge on any atom is 0.236 e. The molecule has 1 unspecified atom stereocenters. The van der Waals surface area contributed by atoms with Crippen molar-refractivity contribution in [1.29, 1.82) is 0 Å². The molecule has 0 fully saturated rings. The minimum Gasteiger partial charge on any atom is -0.340 e. The maximum atomic E-state index is 12.6. The molecule has 1 aliphatic heterocycles. The maximum absolute atomic E-state index is 12.6. The van der Waals surface area contributed by atoms with Crippen LogP contribution in [-0.4, -0.2) is 23.1 Å². The van der Waals surface area contributed by atoms with Crippen LogP contribution in [0.15, 0.2) is 53.4 Å². The zero-order valence-electron chi connectivity index (χ0n) is 11.8. The number of carbonyl (C=O) groups excluding carboxylic acids is 1. The molecule has 3 rings (SSSR count). The van der Waals surface area contributed by atoms with Crippen molar-refractivity contribution in [3.8, 4) is 0 Å². The number of hydrogen-bond donors (Lipinski definition) is 0. The highest BCUT2D eigenvalue weighted by Crippen LogP contribution is 2.37. The Bertz CT molecular complexity index is 648. The number of hydrogen-bond acceptors (Lipinski definition) is 2. The predicted octanol–water partition coefficient (Wildman–Crippen LogP) is 4.02. The number of nitrogens with zero attached hydrogens (tertiary/aromatic N) is 1. The van der Waals surface area contributed by atoms with Gasteiger partial charge in [-0.15, -0.1) is 11.8 Å². The van der Waals surface area contributed by atoms with E-state index in [4.69, 9.17) is 11.6 Å². The summed E-state index contributed by atoms with van der Waals surface area (Å²) in [5.74, 6) is 0.177. The summed E-state index contributed by atoms with van der Waals surface area (Å²) < 4.78 is 0. The van der Waals surface area contributed by atoms with E-state index in [0.29, 0.717) is 11.6 Å². The first-order valence-electron chi connectivity index (χ1n) is 6.87. The van der Waals surface area contributed by atoms with Crippen molar-refractivity contribution in [2.24, 2.45) is 0 Å². The van der Waals surface area contributed by atoms with Crippen molar-refractivity contribution in [2.45, 2.75) is 23.1 Å². The molecule has 0 aromatic heterocycles. The van der Waals surface area contributed by atoms with Crippen LogP contribution in [0.1, 0.15) is 11.1 Å². The topological polar surface area (TPSA) is 20.3 Å². The SMILES string of the molecule is CN(Cc1cccc(Cl)c1)C(=O)C1Cc2ccccc2S1. The molecular formula is C17H16ClNOS. The molecule has 0 bridgehead atoms. The van der Waals surface area contributed by atoms with E-state index in [1.165, 1.54) is 10.5 Å². The normalized spacial score (nSPS) is 16.6. The summed E-state index contributed by atoms with van der Waals surface area (Å²) in [6.07, 6.45) is 0.819. The van der Waals surface area contributed by atoms with Gasteiger partial charge >= 0.3 is 0 Å². The smallest absolute Gasteiger partial charge is 0.236 e. The third-order valence-electron chi connectivity index (χ3n) is 3.61. The molecule has 0 aliphatic carbocycles. The molecule has 0 N–H and O–H groups in total. The van der Waals surface area contributed by atoms with E-state index in [1.54, 1.807) is 16.7 Å². The molecule has 1 amide bonds. The summed E-state index contributed by atoms with van der Waals surface area (Å²) in [7, 11) is 1.85. The number of amides is 1. The fraction of sp³-hybridized carbons (Fsp3) is 0.235. The second kappa shape index (κ2) is 6.12. The van der Waals surface area contributed by atoms with Gasteiger partial charge in [-0.05, 0) is 35.7 Å². The average Bonchev–Trinajstić information content (AvgIpc) is 2.90. The Kier molecular flexibility index (Phi) is 4.22. The highest BCUT2D eigenvalue weighted by molar-refractivity contribution is 8.01. The van der Waals surface area contributed by atoms with Gasteiger partial charge in [0.2, 0.25) is 5.91 Å². The fourth-order valence-corrected chi connectivity index (χ4v) is 4.08. The van der Waals surface area contributed by atoms with E-state index in [-0.39, 0.29) is 11.2 Å². The summed E-state index contributed by atoms with van der Waals surface area (Å²) in [5.41, 5.74) is 2.33. The Labute approximate surface area is 134 Å². The van der Waals surface area contributed by atoms with Crippen LogP contribution in [0.25, 0.3) is 0 Å². The second-order valence-electron chi connectivity index (χ2n) is 5.24. The highest BCUT2D eigenvalue weighted by atomic mass is 35.5. The first kappa shape index (κ1) is 14.5. The van der Waals surface area contributed by atoms with Crippen LogP contribution >= 0.6 is 23.4 Å². The lowest BCUT2D eigenvalue weighted by Crippen LogP contribution is -2.34. The summed E-state index contributed by atoms with van der Waals surface area (Å²) in [6, 6.07) is 15.9. The van der Waals surface area contributed by atoms with Gasteiger partial charge in [0.05, 0.1) is 5.25 Å². The highest BCUT2D eigenvalue weighted by Gasteiger charge is 2.29. The Balaban J connectivity index is 1.66. The second-order valence-corrected chi connectivity index (χ2v) is 6.92. The molecule has 2 aromatic carbocycles. The van der Waals surface area contributed by atoms with Gasteiger partial charge in [-0.25, -0.2) is 0 Å². The van der Waals surface area contributed by atoms with Crippen LogP contribution in [0.3, 0.4) is 0 Å². The number of benzene rings is 2. The number of thioether (sulfide) groups is 1. The van der Waals surface area contributed by atoms with Crippen molar-refractivity contribution in [1.82, 2.24) is 4.90 Å². The Morgan fingerprint density at radius 1 is 1.29 bits per heavy atom. The summed E-state index contributed by atoms with van der Waals surface area (Å²) in [4.78, 5) is 15.6. The molecule has 0 saturated heterocycles. The van der Waals surface area contributed by atoms with Gasteiger partial charge in [0.1, 0.15) is 0 Å². The molecule has 4 heteroatoms. The van der Waals surface area contributed by atoms with Gasteiger partial charge in [0.15, 0.2) is 0 Å². The molecule has 0 radical (unpaired) electrons. The minimum atomic E-state index is -0.00779. The van der Waals surface area contributed by atoms with Crippen molar-refractivity contribution < 1.29 is 4.79 Å². The Hall–Kier alpha value is -1.45. The van der Waals surface area contributed by atoms with Crippen LogP contribution in [0.5, 0.6) is 0 Å². The van der Waals surface area contributed by atoms with Crippen molar-refractivity contribution >= 4 is 29.3 Å². The van der Waals surface area contributed by atoms with E-state index in [0.717, 1.165) is 12.0 Å². The first-order chi connectivity index (χ1) is 10.1. The van der Waals surface area contributed by atoms with E-state index in [2.05, 4.69) is 12.1 Å². The third-order valence-corrected chi connectivity index (χ3v) is 5.15. The van der Waals surface area contributed by atoms with Crippen LogP contribution < -0.4 is 0 Å². The first-order valence-corrected chi connectivity index (χ1v) is 8.13. The van der Waals surface area contributed by atoms with Gasteiger partial charge in [-0.3, -0.25) is 4.79 Å². The number of rotatable bonds is 3. The lowest BCUT2D eigenvalue weighted by atomic mass is 10.1. The summed E-state index contributed by atoms with van der Waals surface area (Å²) >= 11 is 7.66. The molecule has 1 heterocycles. The average molecular weight is 318 g/mol. The molecule has 2 aromatic rings. The van der Waals surface area contributed by atoms with Crippen LogP contribution in [0.2, 0.25) is 5.02 Å². The van der Waals surface area contributed by atoms with Crippen LogP contribution in [0.4, 0.5) is 0 Å². The monoisotopic (exact) mass is 317 g/mol. The molecule has 1 aliphatic rings. The van der Waals surface area contributed by atoms with Crippen LogP contribution in [0, 0.1) is 0 Å². The van der Waals surface area contributed by atoms with Gasteiger partial charge in [-0.2, -0.15) is 0 Å². The minimum absolute atomic E-state index is 0.00779. The van der Waals surface area contributed by atoms with Gasteiger partial charge in [0, 0.05) is 23.5 Å². The van der Waals surface area contributed by atoms with Crippen molar-refractivity contribution in [3.05, 3.63) is 64.7 Å². The molecule has 1 atom stereocenters. The van der Waals surface area contributed by atoms with Crippen molar-refractivity contribution in [3.63, 3.8) is 0 Å². The summed E-state index contributed by atoms with van der Waals surface area (Å²) in [6.45, 7) is 0.590. The molecule has 0 saturated carbocycles. The molecule has 2 nitrogen and oxygen atoms in total. The standard InChI is InChI=1S/C17H16ClNOS/c1-19(11-12-5-4-7-14(18)9-12)17(20)16-10-13-6-2-3-8-15(13)21-16/h2-9,16H,10-11H2,1H3. The lowest BCUT2D eigenvalue weighted by molar-refractivity contribution is -0.129. The zero-order chi connectivity index (χ0) is 14.8.